The van der Waals surface area contributed by atoms with Gasteiger partial charge < -0.3 is 13.9 Å². The van der Waals surface area contributed by atoms with Gasteiger partial charge in [-0.3, -0.25) is 4.79 Å². The molecule has 88 valence electrons. The van der Waals surface area contributed by atoms with E-state index in [2.05, 4.69) is 0 Å². The topological polar surface area (TPSA) is 48.7 Å². The molecule has 1 aromatic rings. The van der Waals surface area contributed by atoms with Crippen LogP contribution in [0.5, 0.6) is 0 Å². The van der Waals surface area contributed by atoms with Gasteiger partial charge in [-0.05, 0) is 25.5 Å². The van der Waals surface area contributed by atoms with Gasteiger partial charge in [-0.2, -0.15) is 0 Å². The summed E-state index contributed by atoms with van der Waals surface area (Å²) in [7, 11) is 0. The SMILES string of the molecule is CCOC(=O)C(CC1COC1)c1ccco1. The zero-order valence-electron chi connectivity index (χ0n) is 9.35. The predicted octanol–water partition coefficient (Wildman–Crippen LogP) is 1.96. The molecule has 1 fully saturated rings. The van der Waals surface area contributed by atoms with Crippen LogP contribution >= 0.6 is 0 Å². The number of carbonyl (C=O) groups excluding carboxylic acids is 1. The first-order chi connectivity index (χ1) is 7.81. The quantitative estimate of drug-likeness (QED) is 0.717. The Morgan fingerprint density at radius 2 is 2.44 bits per heavy atom. The van der Waals surface area contributed by atoms with Crippen molar-refractivity contribution in [1.82, 2.24) is 0 Å². The van der Waals surface area contributed by atoms with Crippen LogP contribution < -0.4 is 0 Å². The van der Waals surface area contributed by atoms with E-state index in [0.29, 0.717) is 18.3 Å². The first-order valence-corrected chi connectivity index (χ1v) is 5.59. The number of esters is 1. The van der Waals surface area contributed by atoms with Crippen LogP contribution in [-0.2, 0) is 14.3 Å². The van der Waals surface area contributed by atoms with Crippen LogP contribution in [-0.4, -0.2) is 25.8 Å². The van der Waals surface area contributed by atoms with Gasteiger partial charge in [0.2, 0.25) is 0 Å². The van der Waals surface area contributed by atoms with E-state index < -0.39 is 0 Å². The molecule has 1 atom stereocenters. The fraction of sp³-hybridized carbons (Fsp3) is 0.583. The van der Waals surface area contributed by atoms with Crippen molar-refractivity contribution >= 4 is 5.97 Å². The highest BCUT2D eigenvalue weighted by Gasteiger charge is 2.31. The van der Waals surface area contributed by atoms with Crippen LogP contribution in [0.1, 0.15) is 25.0 Å². The fourth-order valence-corrected chi connectivity index (χ4v) is 1.81. The Labute approximate surface area is 94.5 Å². The molecule has 0 aromatic carbocycles. The molecule has 0 bridgehead atoms. The maximum Gasteiger partial charge on any atom is 0.316 e. The third-order valence-corrected chi connectivity index (χ3v) is 2.73. The molecule has 1 saturated heterocycles. The van der Waals surface area contributed by atoms with Gasteiger partial charge in [-0.15, -0.1) is 0 Å². The van der Waals surface area contributed by atoms with E-state index in [4.69, 9.17) is 13.9 Å². The Balaban J connectivity index is 2.02. The molecule has 16 heavy (non-hydrogen) atoms. The monoisotopic (exact) mass is 224 g/mol. The van der Waals surface area contributed by atoms with Gasteiger partial charge in [0.15, 0.2) is 0 Å². The Hall–Kier alpha value is -1.29. The van der Waals surface area contributed by atoms with E-state index in [1.54, 1.807) is 12.3 Å². The number of hydrogen-bond donors (Lipinski definition) is 0. The molecular weight excluding hydrogens is 208 g/mol. The van der Waals surface area contributed by atoms with Crippen molar-refractivity contribution in [2.75, 3.05) is 19.8 Å². The Bertz CT molecular complexity index is 327. The van der Waals surface area contributed by atoms with Crippen molar-refractivity contribution in [2.24, 2.45) is 5.92 Å². The van der Waals surface area contributed by atoms with Crippen LogP contribution in [0.15, 0.2) is 22.8 Å². The molecule has 0 aliphatic carbocycles. The first-order valence-electron chi connectivity index (χ1n) is 5.59. The summed E-state index contributed by atoms with van der Waals surface area (Å²) >= 11 is 0. The molecular formula is C12H16O4. The molecule has 1 unspecified atom stereocenters. The van der Waals surface area contributed by atoms with Crippen molar-refractivity contribution in [3.05, 3.63) is 24.2 Å². The van der Waals surface area contributed by atoms with E-state index in [1.807, 2.05) is 13.0 Å². The van der Waals surface area contributed by atoms with E-state index in [-0.39, 0.29) is 11.9 Å². The van der Waals surface area contributed by atoms with Gasteiger partial charge in [0, 0.05) is 5.92 Å². The summed E-state index contributed by atoms with van der Waals surface area (Å²) in [5.74, 6) is 0.637. The second kappa shape index (κ2) is 5.16. The smallest absolute Gasteiger partial charge is 0.316 e. The third-order valence-electron chi connectivity index (χ3n) is 2.73. The summed E-state index contributed by atoms with van der Waals surface area (Å²) in [5, 5.41) is 0. The van der Waals surface area contributed by atoms with Crippen LogP contribution in [0.4, 0.5) is 0 Å². The molecule has 4 heteroatoms. The van der Waals surface area contributed by atoms with E-state index >= 15 is 0 Å². The number of furan rings is 1. The van der Waals surface area contributed by atoms with Crippen molar-refractivity contribution in [3.63, 3.8) is 0 Å². The summed E-state index contributed by atoms with van der Waals surface area (Å²) in [6.45, 7) is 3.67. The molecule has 2 heterocycles. The zero-order valence-corrected chi connectivity index (χ0v) is 9.35. The molecule has 2 rings (SSSR count). The summed E-state index contributed by atoms with van der Waals surface area (Å²) in [6.07, 6.45) is 2.32. The summed E-state index contributed by atoms with van der Waals surface area (Å²) in [6, 6.07) is 3.61. The summed E-state index contributed by atoms with van der Waals surface area (Å²) < 4.78 is 15.5. The van der Waals surface area contributed by atoms with Crippen LogP contribution in [0, 0.1) is 5.92 Å². The van der Waals surface area contributed by atoms with Gasteiger partial charge in [0.05, 0.1) is 26.1 Å². The lowest BCUT2D eigenvalue weighted by Gasteiger charge is -2.28. The molecule has 0 N–H and O–H groups in total. The maximum atomic E-state index is 11.8. The second-order valence-electron chi connectivity index (χ2n) is 3.96. The van der Waals surface area contributed by atoms with Crippen molar-refractivity contribution in [2.45, 2.75) is 19.3 Å². The zero-order chi connectivity index (χ0) is 11.4. The van der Waals surface area contributed by atoms with Crippen LogP contribution in [0.2, 0.25) is 0 Å². The van der Waals surface area contributed by atoms with Crippen molar-refractivity contribution in [3.8, 4) is 0 Å². The standard InChI is InChI=1S/C12H16O4/c1-2-15-12(13)10(6-9-7-14-8-9)11-4-3-5-16-11/h3-5,9-10H,2,6-8H2,1H3. The molecule has 0 spiro atoms. The normalized spacial score (nSPS) is 17.8. The van der Waals surface area contributed by atoms with E-state index in [1.165, 1.54) is 0 Å². The lowest BCUT2D eigenvalue weighted by Crippen LogP contribution is -2.31. The van der Waals surface area contributed by atoms with Gasteiger partial charge >= 0.3 is 5.97 Å². The summed E-state index contributed by atoms with van der Waals surface area (Å²) in [5.41, 5.74) is 0. The Morgan fingerprint density at radius 3 is 2.94 bits per heavy atom. The lowest BCUT2D eigenvalue weighted by atomic mass is 9.91. The molecule has 4 nitrogen and oxygen atoms in total. The Morgan fingerprint density at radius 1 is 1.62 bits per heavy atom. The number of hydrogen-bond acceptors (Lipinski definition) is 4. The highest BCUT2D eigenvalue weighted by molar-refractivity contribution is 5.77. The second-order valence-corrected chi connectivity index (χ2v) is 3.96. The molecule has 1 aromatic heterocycles. The van der Waals surface area contributed by atoms with E-state index in [9.17, 15) is 4.79 Å². The highest BCUT2D eigenvalue weighted by atomic mass is 16.5. The molecule has 0 radical (unpaired) electrons. The minimum atomic E-state index is -0.288. The van der Waals surface area contributed by atoms with Gasteiger partial charge in [-0.25, -0.2) is 0 Å². The average molecular weight is 224 g/mol. The van der Waals surface area contributed by atoms with Crippen molar-refractivity contribution in [1.29, 1.82) is 0 Å². The van der Waals surface area contributed by atoms with Crippen LogP contribution in [0.3, 0.4) is 0 Å². The maximum absolute atomic E-state index is 11.8. The number of carbonyl (C=O) groups is 1. The van der Waals surface area contributed by atoms with Gasteiger partial charge in [-0.1, -0.05) is 0 Å². The Kier molecular flexibility index (Phi) is 3.62. The molecule has 0 amide bonds. The predicted molar refractivity (Wildman–Crippen MR) is 57.0 cm³/mol. The molecule has 1 aliphatic heterocycles. The van der Waals surface area contributed by atoms with Crippen molar-refractivity contribution < 1.29 is 18.7 Å². The fourth-order valence-electron chi connectivity index (χ4n) is 1.81. The van der Waals surface area contributed by atoms with Crippen LogP contribution in [0.25, 0.3) is 0 Å². The first kappa shape index (κ1) is 11.2. The van der Waals surface area contributed by atoms with E-state index in [0.717, 1.165) is 19.6 Å². The summed E-state index contributed by atoms with van der Waals surface area (Å²) in [4.78, 5) is 11.8. The minimum absolute atomic E-state index is 0.204. The lowest BCUT2D eigenvalue weighted by molar-refractivity contribution is -0.147. The molecule has 0 saturated carbocycles. The number of ether oxygens (including phenoxy) is 2. The molecule has 1 aliphatic rings. The number of rotatable bonds is 5. The van der Waals surface area contributed by atoms with Gasteiger partial charge in [0.1, 0.15) is 11.7 Å². The average Bonchev–Trinajstić information content (AvgIpc) is 2.69. The highest BCUT2D eigenvalue weighted by Crippen LogP contribution is 2.29. The van der Waals surface area contributed by atoms with Gasteiger partial charge in [0.25, 0.3) is 0 Å². The minimum Gasteiger partial charge on any atom is -0.468 e. The third kappa shape index (κ3) is 2.44. The largest absolute Gasteiger partial charge is 0.468 e.